The average molecular weight is 174 g/mol. The Balaban J connectivity index is 1.99. The smallest absolute Gasteiger partial charge is 0.0131 e. The Hall–Kier alpha value is -0.780. The molecule has 13 heavy (non-hydrogen) atoms. The van der Waals surface area contributed by atoms with Crippen molar-refractivity contribution < 1.29 is 0 Å². The monoisotopic (exact) mass is 174 g/mol. The van der Waals surface area contributed by atoms with Gasteiger partial charge in [0.2, 0.25) is 0 Å². The van der Waals surface area contributed by atoms with Crippen LogP contribution in [0.5, 0.6) is 0 Å². The van der Waals surface area contributed by atoms with Crippen molar-refractivity contribution in [2.75, 3.05) is 0 Å². The summed E-state index contributed by atoms with van der Waals surface area (Å²) in [4.78, 5) is 0. The second-order valence-electron chi connectivity index (χ2n) is 4.03. The first-order valence-electron chi connectivity index (χ1n) is 5.48. The molecule has 0 aromatic heterocycles. The van der Waals surface area contributed by atoms with E-state index in [-0.39, 0.29) is 0 Å². The molecule has 0 heteroatoms. The van der Waals surface area contributed by atoms with Crippen molar-refractivity contribution in [3.8, 4) is 0 Å². The van der Waals surface area contributed by atoms with Gasteiger partial charge in [0, 0.05) is 0 Å². The molecule has 0 heterocycles. The SMILES string of the molecule is C1=CC(C2CC=CCCCC2)=CC1. The molecule has 0 saturated carbocycles. The molecule has 0 bridgehead atoms. The molecule has 0 radical (unpaired) electrons. The van der Waals surface area contributed by atoms with Gasteiger partial charge in [0.25, 0.3) is 0 Å². The minimum absolute atomic E-state index is 0.815. The fourth-order valence-corrected chi connectivity index (χ4v) is 2.23. The lowest BCUT2D eigenvalue weighted by Crippen LogP contribution is -2.02. The summed E-state index contributed by atoms with van der Waals surface area (Å²) in [6.07, 6.45) is 19.6. The fraction of sp³-hybridized carbons (Fsp3) is 0.538. The lowest BCUT2D eigenvalue weighted by atomic mass is 9.89. The van der Waals surface area contributed by atoms with E-state index in [4.69, 9.17) is 0 Å². The van der Waals surface area contributed by atoms with Gasteiger partial charge >= 0.3 is 0 Å². The van der Waals surface area contributed by atoms with Gasteiger partial charge in [0.15, 0.2) is 0 Å². The first-order valence-corrected chi connectivity index (χ1v) is 5.48. The van der Waals surface area contributed by atoms with Gasteiger partial charge in [0.05, 0.1) is 0 Å². The predicted octanol–water partition coefficient (Wildman–Crippen LogP) is 4.01. The molecule has 1 unspecified atom stereocenters. The maximum atomic E-state index is 2.39. The molecule has 0 fully saturated rings. The van der Waals surface area contributed by atoms with E-state index >= 15 is 0 Å². The van der Waals surface area contributed by atoms with Crippen molar-refractivity contribution in [1.82, 2.24) is 0 Å². The first-order chi connectivity index (χ1) is 6.47. The molecule has 2 rings (SSSR count). The highest BCUT2D eigenvalue weighted by Gasteiger charge is 2.13. The van der Waals surface area contributed by atoms with Crippen molar-refractivity contribution in [3.05, 3.63) is 36.0 Å². The van der Waals surface area contributed by atoms with Gasteiger partial charge in [-0.3, -0.25) is 0 Å². The van der Waals surface area contributed by atoms with Crippen LogP contribution in [0, 0.1) is 5.92 Å². The molecular formula is C13H18. The molecule has 2 aliphatic carbocycles. The third kappa shape index (κ3) is 2.33. The quantitative estimate of drug-likeness (QED) is 0.527. The Morgan fingerprint density at radius 1 is 1.08 bits per heavy atom. The highest BCUT2D eigenvalue weighted by Crippen LogP contribution is 2.28. The van der Waals surface area contributed by atoms with Crippen molar-refractivity contribution in [2.45, 2.75) is 38.5 Å². The summed E-state index contributed by atoms with van der Waals surface area (Å²) in [5.41, 5.74) is 1.59. The summed E-state index contributed by atoms with van der Waals surface area (Å²) in [7, 11) is 0. The van der Waals surface area contributed by atoms with Crippen LogP contribution in [0.4, 0.5) is 0 Å². The highest BCUT2D eigenvalue weighted by molar-refractivity contribution is 5.29. The number of rotatable bonds is 1. The first kappa shape index (κ1) is 8.80. The lowest BCUT2D eigenvalue weighted by Gasteiger charge is -2.16. The van der Waals surface area contributed by atoms with Crippen LogP contribution in [0.3, 0.4) is 0 Å². The Morgan fingerprint density at radius 2 is 2.08 bits per heavy atom. The topological polar surface area (TPSA) is 0 Å². The Morgan fingerprint density at radius 3 is 2.92 bits per heavy atom. The predicted molar refractivity (Wildman–Crippen MR) is 57.6 cm³/mol. The summed E-state index contributed by atoms with van der Waals surface area (Å²) < 4.78 is 0. The third-order valence-electron chi connectivity index (χ3n) is 3.03. The number of hydrogen-bond donors (Lipinski definition) is 0. The van der Waals surface area contributed by atoms with Crippen molar-refractivity contribution in [1.29, 1.82) is 0 Å². The summed E-state index contributed by atoms with van der Waals surface area (Å²) in [5, 5.41) is 0. The fourth-order valence-electron chi connectivity index (χ4n) is 2.23. The number of allylic oxidation sites excluding steroid dienone is 6. The molecule has 0 aromatic rings. The van der Waals surface area contributed by atoms with E-state index in [2.05, 4.69) is 30.4 Å². The Labute approximate surface area is 81.0 Å². The van der Waals surface area contributed by atoms with Gasteiger partial charge in [-0.25, -0.2) is 0 Å². The third-order valence-corrected chi connectivity index (χ3v) is 3.03. The normalized spacial score (nSPS) is 28.3. The van der Waals surface area contributed by atoms with Crippen LogP contribution >= 0.6 is 0 Å². The van der Waals surface area contributed by atoms with Crippen LogP contribution in [-0.2, 0) is 0 Å². The summed E-state index contributed by atoms with van der Waals surface area (Å²) in [6, 6.07) is 0. The largest absolute Gasteiger partial charge is 0.0885 e. The summed E-state index contributed by atoms with van der Waals surface area (Å²) >= 11 is 0. The van der Waals surface area contributed by atoms with Gasteiger partial charge < -0.3 is 0 Å². The molecule has 0 amide bonds. The average Bonchev–Trinajstić information content (AvgIpc) is 2.55. The molecule has 70 valence electrons. The van der Waals surface area contributed by atoms with Gasteiger partial charge in [0.1, 0.15) is 0 Å². The minimum Gasteiger partial charge on any atom is -0.0885 e. The van der Waals surface area contributed by atoms with Crippen LogP contribution in [-0.4, -0.2) is 0 Å². The van der Waals surface area contributed by atoms with E-state index in [0.29, 0.717) is 0 Å². The molecule has 0 saturated heterocycles. The molecule has 0 nitrogen and oxygen atoms in total. The number of hydrogen-bond acceptors (Lipinski definition) is 0. The molecule has 0 spiro atoms. The van der Waals surface area contributed by atoms with E-state index in [1.807, 2.05) is 0 Å². The zero-order chi connectivity index (χ0) is 8.93. The Kier molecular flexibility index (Phi) is 3.02. The van der Waals surface area contributed by atoms with Crippen LogP contribution in [0.25, 0.3) is 0 Å². The van der Waals surface area contributed by atoms with E-state index in [0.717, 1.165) is 12.3 Å². The second-order valence-corrected chi connectivity index (χ2v) is 4.03. The van der Waals surface area contributed by atoms with Crippen LogP contribution in [0.15, 0.2) is 36.0 Å². The zero-order valence-electron chi connectivity index (χ0n) is 8.21. The van der Waals surface area contributed by atoms with Gasteiger partial charge in [-0.05, 0) is 43.6 Å². The highest BCUT2D eigenvalue weighted by atomic mass is 14.2. The van der Waals surface area contributed by atoms with Crippen molar-refractivity contribution >= 4 is 0 Å². The molecule has 0 aromatic carbocycles. The zero-order valence-corrected chi connectivity index (χ0v) is 8.21. The summed E-state index contributed by atoms with van der Waals surface area (Å²) in [6.45, 7) is 0. The molecule has 2 aliphatic rings. The van der Waals surface area contributed by atoms with Crippen molar-refractivity contribution in [2.24, 2.45) is 5.92 Å². The standard InChI is InChI=1S/C13H18/c1-2-4-8-12(9-5-3-1)13-10-6-7-11-13/h2,4,6,10-12H,1,3,5,7-9H2. The van der Waals surface area contributed by atoms with Crippen LogP contribution in [0.2, 0.25) is 0 Å². The molecular weight excluding hydrogens is 156 g/mol. The molecule has 0 N–H and O–H groups in total. The minimum atomic E-state index is 0.815. The Bertz CT molecular complexity index is 243. The van der Waals surface area contributed by atoms with Crippen LogP contribution < -0.4 is 0 Å². The van der Waals surface area contributed by atoms with E-state index in [9.17, 15) is 0 Å². The van der Waals surface area contributed by atoms with E-state index < -0.39 is 0 Å². The maximum absolute atomic E-state index is 2.39. The summed E-state index contributed by atoms with van der Waals surface area (Å²) in [5.74, 6) is 0.815. The lowest BCUT2D eigenvalue weighted by molar-refractivity contribution is 0.525. The molecule has 0 aliphatic heterocycles. The van der Waals surface area contributed by atoms with Crippen LogP contribution in [0.1, 0.15) is 38.5 Å². The van der Waals surface area contributed by atoms with Gasteiger partial charge in [-0.1, -0.05) is 36.8 Å². The van der Waals surface area contributed by atoms with Gasteiger partial charge in [-0.2, -0.15) is 0 Å². The van der Waals surface area contributed by atoms with E-state index in [1.165, 1.54) is 32.1 Å². The molecule has 1 atom stereocenters. The maximum Gasteiger partial charge on any atom is -0.0131 e. The second kappa shape index (κ2) is 4.45. The van der Waals surface area contributed by atoms with Crippen molar-refractivity contribution in [3.63, 3.8) is 0 Å². The van der Waals surface area contributed by atoms with E-state index in [1.54, 1.807) is 5.57 Å². The van der Waals surface area contributed by atoms with Gasteiger partial charge in [-0.15, -0.1) is 0 Å².